The normalized spacial score (nSPS) is 17.3. The van der Waals surface area contributed by atoms with Crippen LogP contribution in [0.25, 0.3) is 10.9 Å². The van der Waals surface area contributed by atoms with Crippen LogP contribution in [0.5, 0.6) is 0 Å². The number of rotatable bonds is 4. The first-order valence-corrected chi connectivity index (χ1v) is 9.48. The van der Waals surface area contributed by atoms with Crippen molar-refractivity contribution in [3.63, 3.8) is 0 Å². The zero-order valence-corrected chi connectivity index (χ0v) is 15.5. The molecule has 0 aliphatic carbocycles. The maximum absolute atomic E-state index is 12.3. The maximum atomic E-state index is 12.3. The zero-order chi connectivity index (χ0) is 18.8. The van der Waals surface area contributed by atoms with Crippen LogP contribution in [0.4, 0.5) is 11.4 Å². The molecule has 4 rings (SSSR count). The number of aliphatic hydroxyl groups excluding tert-OH is 1. The van der Waals surface area contributed by atoms with Gasteiger partial charge in [0.15, 0.2) is 0 Å². The molecular weight excluding hydrogens is 338 g/mol. The van der Waals surface area contributed by atoms with E-state index in [9.17, 15) is 9.90 Å². The van der Waals surface area contributed by atoms with E-state index >= 15 is 0 Å². The number of H-pyrrole nitrogens is 1. The van der Waals surface area contributed by atoms with E-state index < -0.39 is 0 Å². The summed E-state index contributed by atoms with van der Waals surface area (Å²) in [5.74, 6) is 0. The number of piperidine rings is 1. The third-order valence-corrected chi connectivity index (χ3v) is 5.19. The van der Waals surface area contributed by atoms with E-state index in [1.807, 2.05) is 43.3 Å². The third kappa shape index (κ3) is 3.98. The molecule has 0 saturated carbocycles. The van der Waals surface area contributed by atoms with E-state index in [0.29, 0.717) is 13.1 Å². The van der Waals surface area contributed by atoms with E-state index in [4.69, 9.17) is 0 Å². The highest BCUT2D eigenvalue weighted by molar-refractivity contribution is 5.79. The summed E-state index contributed by atoms with van der Waals surface area (Å²) in [6.07, 6.45) is 1.67. The van der Waals surface area contributed by atoms with Gasteiger partial charge in [-0.25, -0.2) is 0 Å². The second-order valence-corrected chi connectivity index (χ2v) is 7.36. The summed E-state index contributed by atoms with van der Waals surface area (Å²) < 4.78 is 0. The first-order valence-electron chi connectivity index (χ1n) is 9.48. The molecule has 0 spiro atoms. The predicted octanol–water partition coefficient (Wildman–Crippen LogP) is 3.41. The Hall–Kier alpha value is -2.79. The van der Waals surface area contributed by atoms with E-state index in [2.05, 4.69) is 27.3 Å². The van der Waals surface area contributed by atoms with Gasteiger partial charge in [0.05, 0.1) is 6.10 Å². The van der Waals surface area contributed by atoms with Crippen LogP contribution in [0.15, 0.2) is 53.3 Å². The highest BCUT2D eigenvalue weighted by Crippen LogP contribution is 2.22. The van der Waals surface area contributed by atoms with Crippen molar-refractivity contribution in [2.45, 2.75) is 32.4 Å². The minimum absolute atomic E-state index is 0.0560. The second-order valence-electron chi connectivity index (χ2n) is 7.36. The Labute approximate surface area is 158 Å². The average molecular weight is 363 g/mol. The van der Waals surface area contributed by atoms with Crippen LogP contribution in [0.2, 0.25) is 0 Å². The average Bonchev–Trinajstić information content (AvgIpc) is 2.67. The topological polar surface area (TPSA) is 68.4 Å². The summed E-state index contributed by atoms with van der Waals surface area (Å²) >= 11 is 0. The van der Waals surface area contributed by atoms with Gasteiger partial charge in [-0.1, -0.05) is 12.1 Å². The van der Waals surface area contributed by atoms with Gasteiger partial charge in [-0.3, -0.25) is 4.79 Å². The Bertz CT molecular complexity index is 995. The van der Waals surface area contributed by atoms with Crippen molar-refractivity contribution in [2.75, 3.05) is 23.3 Å². The Morgan fingerprint density at radius 2 is 2.00 bits per heavy atom. The van der Waals surface area contributed by atoms with E-state index in [1.165, 1.54) is 0 Å². The summed E-state index contributed by atoms with van der Waals surface area (Å²) in [7, 11) is 0. The van der Waals surface area contributed by atoms with Gasteiger partial charge in [0.2, 0.25) is 0 Å². The molecule has 2 aromatic carbocycles. The molecule has 1 atom stereocenters. The van der Waals surface area contributed by atoms with Crippen molar-refractivity contribution in [3.8, 4) is 0 Å². The maximum Gasteiger partial charge on any atom is 0.253 e. The molecule has 0 bridgehead atoms. The number of β-amino-alcohol motifs (C(OH)–C–C–N with tert-alkyl or cyclic N) is 1. The van der Waals surface area contributed by atoms with Crippen molar-refractivity contribution in [3.05, 3.63) is 70.0 Å². The number of anilines is 2. The van der Waals surface area contributed by atoms with Crippen LogP contribution < -0.4 is 15.8 Å². The quantitative estimate of drug-likeness (QED) is 0.664. The lowest BCUT2D eigenvalue weighted by Crippen LogP contribution is -2.38. The number of hydrogen-bond acceptors (Lipinski definition) is 4. The second kappa shape index (κ2) is 7.45. The molecule has 1 aliphatic rings. The number of pyridine rings is 1. The minimum Gasteiger partial charge on any atom is -0.391 e. The summed E-state index contributed by atoms with van der Waals surface area (Å²) in [5, 5.41) is 14.2. The fourth-order valence-corrected chi connectivity index (χ4v) is 3.67. The molecule has 1 saturated heterocycles. The minimum atomic E-state index is -0.236. The van der Waals surface area contributed by atoms with Crippen LogP contribution in [0.3, 0.4) is 0 Å². The van der Waals surface area contributed by atoms with Gasteiger partial charge >= 0.3 is 0 Å². The first-order chi connectivity index (χ1) is 13.1. The van der Waals surface area contributed by atoms with Crippen LogP contribution >= 0.6 is 0 Å². The molecule has 0 amide bonds. The van der Waals surface area contributed by atoms with Gasteiger partial charge in [0, 0.05) is 42.1 Å². The molecule has 1 unspecified atom stereocenters. The number of aliphatic hydroxyl groups is 1. The van der Waals surface area contributed by atoms with Crippen molar-refractivity contribution in [1.29, 1.82) is 0 Å². The molecule has 27 heavy (non-hydrogen) atoms. The van der Waals surface area contributed by atoms with Gasteiger partial charge in [-0.2, -0.15) is 0 Å². The van der Waals surface area contributed by atoms with Gasteiger partial charge in [-0.05, 0) is 67.1 Å². The molecule has 3 aromatic rings. The van der Waals surface area contributed by atoms with Crippen molar-refractivity contribution >= 4 is 22.3 Å². The SMILES string of the molecule is Cc1ccc2cc(CNc3ccc(N4CCCC(O)C4)cc3)c(=O)[nH]c2c1. The van der Waals surface area contributed by atoms with Crippen LogP contribution in [0, 0.1) is 6.92 Å². The van der Waals surface area contributed by atoms with Gasteiger partial charge < -0.3 is 20.3 Å². The Morgan fingerprint density at radius 1 is 1.19 bits per heavy atom. The summed E-state index contributed by atoms with van der Waals surface area (Å²) in [6.45, 7) is 4.16. The zero-order valence-electron chi connectivity index (χ0n) is 15.5. The van der Waals surface area contributed by atoms with Crippen molar-refractivity contribution < 1.29 is 5.11 Å². The number of benzene rings is 2. The largest absolute Gasteiger partial charge is 0.391 e. The van der Waals surface area contributed by atoms with Gasteiger partial charge in [-0.15, -0.1) is 0 Å². The number of fused-ring (bicyclic) bond motifs is 1. The lowest BCUT2D eigenvalue weighted by Gasteiger charge is -2.32. The van der Waals surface area contributed by atoms with Crippen molar-refractivity contribution in [1.82, 2.24) is 4.98 Å². The molecule has 2 heterocycles. The molecule has 5 heteroatoms. The van der Waals surface area contributed by atoms with E-state index in [1.54, 1.807) is 0 Å². The number of nitrogens with zero attached hydrogens (tertiary/aromatic N) is 1. The summed E-state index contributed by atoms with van der Waals surface area (Å²) in [4.78, 5) is 17.5. The third-order valence-electron chi connectivity index (χ3n) is 5.19. The van der Waals surface area contributed by atoms with Gasteiger partial charge in [0.1, 0.15) is 0 Å². The standard InChI is InChI=1S/C22H25N3O2/c1-15-4-5-16-12-17(22(27)24-21(16)11-15)13-23-18-6-8-19(9-7-18)25-10-2-3-20(26)14-25/h4-9,11-12,20,23,26H,2-3,10,13-14H2,1H3,(H,24,27). The van der Waals surface area contributed by atoms with Gasteiger partial charge in [0.25, 0.3) is 5.56 Å². The number of aromatic amines is 1. The smallest absolute Gasteiger partial charge is 0.253 e. The number of aryl methyl sites for hydroxylation is 1. The lowest BCUT2D eigenvalue weighted by atomic mass is 10.1. The molecule has 140 valence electrons. The predicted molar refractivity (Wildman–Crippen MR) is 111 cm³/mol. The highest BCUT2D eigenvalue weighted by atomic mass is 16.3. The number of aromatic nitrogens is 1. The first kappa shape index (κ1) is 17.6. The van der Waals surface area contributed by atoms with E-state index in [-0.39, 0.29) is 11.7 Å². The monoisotopic (exact) mass is 363 g/mol. The lowest BCUT2D eigenvalue weighted by molar-refractivity contribution is 0.154. The summed E-state index contributed by atoms with van der Waals surface area (Å²) in [6, 6.07) is 16.2. The van der Waals surface area contributed by atoms with Crippen LogP contribution in [-0.4, -0.2) is 29.3 Å². The number of nitrogens with one attached hydrogen (secondary N) is 2. The molecule has 1 fully saturated rings. The molecule has 1 aromatic heterocycles. The molecule has 0 radical (unpaired) electrons. The molecule has 3 N–H and O–H groups in total. The molecular formula is C22H25N3O2. The Kier molecular flexibility index (Phi) is 4.86. The summed E-state index contributed by atoms with van der Waals surface area (Å²) in [5.41, 5.74) is 4.76. The Balaban J connectivity index is 1.45. The number of hydrogen-bond donors (Lipinski definition) is 3. The highest BCUT2D eigenvalue weighted by Gasteiger charge is 2.17. The van der Waals surface area contributed by atoms with Crippen molar-refractivity contribution in [2.24, 2.45) is 0 Å². The fourth-order valence-electron chi connectivity index (χ4n) is 3.67. The van der Waals surface area contributed by atoms with E-state index in [0.717, 1.165) is 52.8 Å². The van der Waals surface area contributed by atoms with Crippen LogP contribution in [0.1, 0.15) is 24.0 Å². The molecule has 5 nitrogen and oxygen atoms in total. The van der Waals surface area contributed by atoms with Crippen LogP contribution in [-0.2, 0) is 6.54 Å². The Morgan fingerprint density at radius 3 is 2.78 bits per heavy atom. The fraction of sp³-hybridized carbons (Fsp3) is 0.318. The molecule has 1 aliphatic heterocycles.